The number of unbranched alkanes of at least 4 members (excludes halogenated alkanes) is 15. The van der Waals surface area contributed by atoms with E-state index in [1.54, 1.807) is 0 Å². The van der Waals surface area contributed by atoms with Gasteiger partial charge in [-0.25, -0.2) is 0 Å². The molecular weight excluding hydrogens is 612 g/mol. The quantitative estimate of drug-likeness (QED) is 0.0286. The normalized spacial score (nSPS) is 12.4. The molecule has 0 radical (unpaired) electrons. The fourth-order valence-electron chi connectivity index (χ4n) is 5.20. The number of ether oxygens (including phenoxy) is 3. The van der Waals surface area contributed by atoms with Crippen LogP contribution in [0.15, 0.2) is 61.3 Å². The van der Waals surface area contributed by atoms with Crippen molar-refractivity contribution in [2.75, 3.05) is 13.2 Å². The maximum absolute atomic E-state index is 12.6. The Labute approximate surface area is 300 Å². The number of hydrogen-bond donors (Lipinski definition) is 0. The lowest BCUT2D eigenvalue weighted by atomic mass is 10.1. The molecule has 0 N–H and O–H groups in total. The molecule has 0 aliphatic heterocycles. The molecule has 0 aliphatic carbocycles. The van der Waals surface area contributed by atoms with Crippen LogP contribution in [0.4, 0.5) is 0 Å². The lowest BCUT2D eigenvalue weighted by Crippen LogP contribution is -2.30. The van der Waals surface area contributed by atoms with E-state index in [0.717, 1.165) is 135 Å². The summed E-state index contributed by atoms with van der Waals surface area (Å²) < 4.78 is 16.5. The zero-order chi connectivity index (χ0) is 35.9. The third kappa shape index (κ3) is 36.2. The maximum atomic E-state index is 12.6. The van der Waals surface area contributed by atoms with Crippen LogP contribution in [-0.4, -0.2) is 37.2 Å². The van der Waals surface area contributed by atoms with Crippen molar-refractivity contribution in [1.82, 2.24) is 0 Å². The zero-order valence-corrected chi connectivity index (χ0v) is 31.5. The van der Waals surface area contributed by atoms with Crippen LogP contribution in [0.25, 0.3) is 0 Å². The van der Waals surface area contributed by atoms with Gasteiger partial charge in [-0.1, -0.05) is 126 Å². The largest absolute Gasteiger partial charge is 0.462 e. The molecule has 1 unspecified atom stereocenters. The van der Waals surface area contributed by atoms with Gasteiger partial charge in [0, 0.05) is 19.3 Å². The Bertz CT molecular complexity index is 915. The van der Waals surface area contributed by atoms with E-state index in [4.69, 9.17) is 14.2 Å². The summed E-state index contributed by atoms with van der Waals surface area (Å²) in [4.78, 5) is 37.3. The summed E-state index contributed by atoms with van der Waals surface area (Å²) in [5.41, 5.74) is 0. The van der Waals surface area contributed by atoms with Crippen molar-refractivity contribution < 1.29 is 28.6 Å². The molecule has 6 nitrogen and oxygen atoms in total. The van der Waals surface area contributed by atoms with Crippen LogP contribution < -0.4 is 0 Å². The molecule has 0 aromatic rings. The molecule has 49 heavy (non-hydrogen) atoms. The van der Waals surface area contributed by atoms with E-state index in [0.29, 0.717) is 19.3 Å². The number of rotatable bonds is 35. The van der Waals surface area contributed by atoms with Crippen molar-refractivity contribution in [1.29, 1.82) is 0 Å². The Morgan fingerprint density at radius 3 is 1.33 bits per heavy atom. The van der Waals surface area contributed by atoms with Gasteiger partial charge in [-0.3, -0.25) is 14.4 Å². The highest BCUT2D eigenvalue weighted by Crippen LogP contribution is 2.12. The second-order valence-corrected chi connectivity index (χ2v) is 12.9. The van der Waals surface area contributed by atoms with Crippen LogP contribution >= 0.6 is 0 Å². The Hall–Kier alpha value is -2.89. The van der Waals surface area contributed by atoms with Crippen LogP contribution in [0.3, 0.4) is 0 Å². The molecule has 0 aromatic carbocycles. The van der Waals surface area contributed by atoms with Crippen LogP contribution in [0.1, 0.15) is 174 Å². The van der Waals surface area contributed by atoms with Gasteiger partial charge in [-0.05, 0) is 83.5 Å². The number of hydrogen-bond acceptors (Lipinski definition) is 6. The summed E-state index contributed by atoms with van der Waals surface area (Å²) in [5.74, 6) is -0.956. The molecule has 0 amide bonds. The van der Waals surface area contributed by atoms with Crippen LogP contribution in [-0.2, 0) is 28.6 Å². The molecule has 0 saturated heterocycles. The number of carbonyl (C=O) groups excluding carboxylic acids is 3. The molecule has 1 atom stereocenters. The molecule has 0 aromatic heterocycles. The molecule has 0 aliphatic rings. The van der Waals surface area contributed by atoms with E-state index in [1.807, 2.05) is 6.08 Å². The smallest absolute Gasteiger partial charge is 0.306 e. The minimum atomic E-state index is -0.786. The van der Waals surface area contributed by atoms with Gasteiger partial charge in [0.05, 0.1) is 0 Å². The maximum Gasteiger partial charge on any atom is 0.306 e. The molecule has 0 fully saturated rings. The fourth-order valence-corrected chi connectivity index (χ4v) is 5.20. The van der Waals surface area contributed by atoms with Gasteiger partial charge in [0.25, 0.3) is 0 Å². The second-order valence-electron chi connectivity index (χ2n) is 12.9. The van der Waals surface area contributed by atoms with E-state index in [1.165, 1.54) is 6.42 Å². The van der Waals surface area contributed by atoms with Crippen molar-refractivity contribution in [3.8, 4) is 0 Å². The predicted octanol–water partition coefficient (Wildman–Crippen LogP) is 12.2. The summed E-state index contributed by atoms with van der Waals surface area (Å²) in [5, 5.41) is 0. The van der Waals surface area contributed by atoms with Gasteiger partial charge in [0.15, 0.2) is 6.10 Å². The Kier molecular flexibility index (Phi) is 35.7. The first-order valence-corrected chi connectivity index (χ1v) is 19.7. The van der Waals surface area contributed by atoms with E-state index in [2.05, 4.69) is 69.0 Å². The molecule has 0 rings (SSSR count). The summed E-state index contributed by atoms with van der Waals surface area (Å²) in [7, 11) is 0. The Morgan fingerprint density at radius 2 is 0.837 bits per heavy atom. The van der Waals surface area contributed by atoms with Crippen molar-refractivity contribution in [3.05, 3.63) is 61.3 Å². The zero-order valence-electron chi connectivity index (χ0n) is 31.5. The summed E-state index contributed by atoms with van der Waals surface area (Å²) in [6.07, 6.45) is 42.6. The van der Waals surface area contributed by atoms with Crippen molar-refractivity contribution in [3.63, 3.8) is 0 Å². The average molecular weight is 685 g/mol. The Morgan fingerprint density at radius 1 is 0.469 bits per heavy atom. The van der Waals surface area contributed by atoms with Gasteiger partial charge < -0.3 is 14.2 Å². The lowest BCUT2D eigenvalue weighted by Gasteiger charge is -2.18. The van der Waals surface area contributed by atoms with E-state index < -0.39 is 6.10 Å². The van der Waals surface area contributed by atoms with E-state index in [-0.39, 0.29) is 31.1 Å². The van der Waals surface area contributed by atoms with Crippen LogP contribution in [0, 0.1) is 0 Å². The van der Waals surface area contributed by atoms with Crippen molar-refractivity contribution in [2.24, 2.45) is 0 Å². The fraction of sp³-hybridized carbons (Fsp3) is 0.698. The van der Waals surface area contributed by atoms with Gasteiger partial charge in [-0.15, -0.1) is 6.58 Å². The third-order valence-corrected chi connectivity index (χ3v) is 8.13. The number of carbonyl (C=O) groups is 3. The number of esters is 3. The van der Waals surface area contributed by atoms with Crippen molar-refractivity contribution in [2.45, 2.75) is 180 Å². The third-order valence-electron chi connectivity index (χ3n) is 8.13. The number of allylic oxidation sites excluding steroid dienone is 9. The summed E-state index contributed by atoms with van der Waals surface area (Å²) in [6.45, 7) is 7.84. The van der Waals surface area contributed by atoms with Gasteiger partial charge in [-0.2, -0.15) is 0 Å². The van der Waals surface area contributed by atoms with Gasteiger partial charge in [0.2, 0.25) is 0 Å². The van der Waals surface area contributed by atoms with Gasteiger partial charge >= 0.3 is 17.9 Å². The van der Waals surface area contributed by atoms with E-state index in [9.17, 15) is 14.4 Å². The molecule has 0 heterocycles. The molecule has 6 heteroatoms. The summed E-state index contributed by atoms with van der Waals surface area (Å²) in [6, 6.07) is 0. The van der Waals surface area contributed by atoms with Gasteiger partial charge in [0.1, 0.15) is 13.2 Å². The monoisotopic (exact) mass is 685 g/mol. The first-order valence-electron chi connectivity index (χ1n) is 19.7. The second kappa shape index (κ2) is 37.9. The molecule has 280 valence electrons. The van der Waals surface area contributed by atoms with Crippen LogP contribution in [0.5, 0.6) is 0 Å². The first-order chi connectivity index (χ1) is 24.0. The highest BCUT2D eigenvalue weighted by atomic mass is 16.6. The summed E-state index contributed by atoms with van der Waals surface area (Å²) >= 11 is 0. The first kappa shape index (κ1) is 46.1. The topological polar surface area (TPSA) is 78.9 Å². The highest BCUT2D eigenvalue weighted by molar-refractivity contribution is 5.71. The standard InChI is InChI=1S/C43H72O6/c1-4-7-10-13-16-18-19-20-21-22-23-25-27-30-33-36-42(45)48-39-40(38-47-41(44)35-32-29-26-15-12-9-6-3)49-43(46)37-34-31-28-24-17-14-11-8-5-2/h6-8,10-11,16,18,20-21,40H,3-5,9,12-15,17,19,22-39H2,1-2H3. The lowest BCUT2D eigenvalue weighted by molar-refractivity contribution is -0.167. The van der Waals surface area contributed by atoms with Crippen molar-refractivity contribution >= 4 is 17.9 Å². The minimum Gasteiger partial charge on any atom is -0.462 e. The Balaban J connectivity index is 4.35. The predicted molar refractivity (Wildman–Crippen MR) is 205 cm³/mol. The average Bonchev–Trinajstić information content (AvgIpc) is 3.10. The molecule has 0 saturated carbocycles. The molecular formula is C43H72O6. The molecule has 0 bridgehead atoms. The minimum absolute atomic E-state index is 0.0937. The highest BCUT2D eigenvalue weighted by Gasteiger charge is 2.19. The van der Waals surface area contributed by atoms with Crippen LogP contribution in [0.2, 0.25) is 0 Å². The van der Waals surface area contributed by atoms with E-state index >= 15 is 0 Å². The SMILES string of the molecule is C=CCCCCCCCC(=O)OCC(COC(=O)CCCCCCCC=CCC=CCC=CCC)OC(=O)CCCCCCCC=CCC. The molecule has 0 spiro atoms.